The minimum absolute atomic E-state index is 0.154. The highest BCUT2D eigenvalue weighted by Gasteiger charge is 2.19. The largest absolute Gasteiger partial charge is 0.495 e. The molecular formula is C12H19NO3S. The van der Waals surface area contributed by atoms with Crippen LogP contribution in [0.4, 0.5) is 5.69 Å². The van der Waals surface area contributed by atoms with E-state index >= 15 is 0 Å². The van der Waals surface area contributed by atoms with E-state index in [1.54, 1.807) is 6.07 Å². The first-order valence-electron chi connectivity index (χ1n) is 5.67. The topological polar surface area (TPSA) is 69.4 Å². The maximum absolute atomic E-state index is 12.1. The van der Waals surface area contributed by atoms with Gasteiger partial charge in [0.25, 0.3) is 0 Å². The fourth-order valence-corrected chi connectivity index (χ4v) is 3.12. The minimum Gasteiger partial charge on any atom is -0.495 e. The maximum atomic E-state index is 12.1. The highest BCUT2D eigenvalue weighted by molar-refractivity contribution is 7.91. The first kappa shape index (κ1) is 13.8. The maximum Gasteiger partial charge on any atom is 0.182 e. The SMILES string of the molecule is CCCCCS(=O)(=O)c1ccc(N)cc1OC. The van der Waals surface area contributed by atoms with Gasteiger partial charge >= 0.3 is 0 Å². The van der Waals surface area contributed by atoms with Crippen molar-refractivity contribution in [2.45, 2.75) is 31.1 Å². The van der Waals surface area contributed by atoms with Crippen molar-refractivity contribution < 1.29 is 13.2 Å². The number of benzene rings is 1. The molecule has 0 fully saturated rings. The zero-order chi connectivity index (χ0) is 12.9. The average molecular weight is 257 g/mol. The van der Waals surface area contributed by atoms with Gasteiger partial charge in [-0.3, -0.25) is 0 Å². The number of hydrogen-bond donors (Lipinski definition) is 1. The van der Waals surface area contributed by atoms with Crippen LogP contribution in [0.3, 0.4) is 0 Å². The molecule has 0 aromatic heterocycles. The second kappa shape index (κ2) is 5.91. The molecule has 0 unspecified atom stereocenters. The number of hydrogen-bond acceptors (Lipinski definition) is 4. The second-order valence-electron chi connectivity index (χ2n) is 3.94. The lowest BCUT2D eigenvalue weighted by molar-refractivity contribution is 0.403. The van der Waals surface area contributed by atoms with Crippen molar-refractivity contribution in [3.8, 4) is 5.75 Å². The van der Waals surface area contributed by atoms with Crippen molar-refractivity contribution in [1.29, 1.82) is 0 Å². The standard InChI is InChI=1S/C12H19NO3S/c1-3-4-5-8-17(14,15)12-7-6-10(13)9-11(12)16-2/h6-7,9H,3-5,8,13H2,1-2H3. The Kier molecular flexibility index (Phi) is 4.81. The van der Waals surface area contributed by atoms with E-state index in [1.165, 1.54) is 19.2 Å². The summed E-state index contributed by atoms with van der Waals surface area (Å²) in [6.45, 7) is 2.04. The van der Waals surface area contributed by atoms with E-state index in [9.17, 15) is 8.42 Å². The van der Waals surface area contributed by atoms with E-state index in [-0.39, 0.29) is 10.6 Å². The second-order valence-corrected chi connectivity index (χ2v) is 6.01. The summed E-state index contributed by atoms with van der Waals surface area (Å²) in [5.74, 6) is 0.475. The Morgan fingerprint density at radius 3 is 2.59 bits per heavy atom. The normalized spacial score (nSPS) is 11.4. The van der Waals surface area contributed by atoms with E-state index in [0.717, 1.165) is 12.8 Å². The molecule has 0 saturated carbocycles. The summed E-state index contributed by atoms with van der Waals surface area (Å²) < 4.78 is 29.2. The molecule has 0 atom stereocenters. The molecule has 1 aromatic rings. The molecule has 0 heterocycles. The third-order valence-electron chi connectivity index (χ3n) is 2.54. The van der Waals surface area contributed by atoms with Crippen LogP contribution < -0.4 is 10.5 Å². The van der Waals surface area contributed by atoms with Gasteiger partial charge in [-0.05, 0) is 18.6 Å². The number of rotatable bonds is 6. The van der Waals surface area contributed by atoms with Crippen molar-refractivity contribution >= 4 is 15.5 Å². The summed E-state index contributed by atoms with van der Waals surface area (Å²) in [6.07, 6.45) is 2.58. The lowest BCUT2D eigenvalue weighted by atomic mass is 10.3. The molecule has 0 aliphatic heterocycles. The molecule has 0 saturated heterocycles. The summed E-state index contributed by atoms with van der Waals surface area (Å²) in [6, 6.07) is 4.62. The van der Waals surface area contributed by atoms with Crippen LogP contribution in [0.15, 0.2) is 23.1 Å². The highest BCUT2D eigenvalue weighted by atomic mass is 32.2. The summed E-state index contributed by atoms with van der Waals surface area (Å²) in [7, 11) is -1.83. The molecule has 4 nitrogen and oxygen atoms in total. The molecule has 17 heavy (non-hydrogen) atoms. The van der Waals surface area contributed by atoms with E-state index in [4.69, 9.17) is 10.5 Å². The number of ether oxygens (including phenoxy) is 1. The number of nitrogens with two attached hydrogens (primary N) is 1. The quantitative estimate of drug-likeness (QED) is 0.627. The van der Waals surface area contributed by atoms with Crippen LogP contribution in [0.1, 0.15) is 26.2 Å². The summed E-state index contributed by atoms with van der Waals surface area (Å²) in [4.78, 5) is 0.227. The van der Waals surface area contributed by atoms with E-state index in [1.807, 2.05) is 6.92 Å². The van der Waals surface area contributed by atoms with Gasteiger partial charge in [-0.15, -0.1) is 0 Å². The molecule has 96 valence electrons. The van der Waals surface area contributed by atoms with Crippen LogP contribution in [0.5, 0.6) is 5.75 Å². The van der Waals surface area contributed by atoms with Gasteiger partial charge in [-0.1, -0.05) is 19.8 Å². The van der Waals surface area contributed by atoms with E-state index in [2.05, 4.69) is 0 Å². The molecule has 0 bridgehead atoms. The molecule has 2 N–H and O–H groups in total. The highest BCUT2D eigenvalue weighted by Crippen LogP contribution is 2.27. The van der Waals surface area contributed by atoms with Gasteiger partial charge in [0.15, 0.2) is 9.84 Å². The van der Waals surface area contributed by atoms with Crippen LogP contribution in [-0.2, 0) is 9.84 Å². The van der Waals surface area contributed by atoms with Gasteiger partial charge in [0, 0.05) is 11.8 Å². The van der Waals surface area contributed by atoms with E-state index in [0.29, 0.717) is 17.9 Å². The third-order valence-corrected chi connectivity index (χ3v) is 4.37. The predicted octanol–water partition coefficient (Wildman–Crippen LogP) is 2.24. The molecule has 5 heteroatoms. The van der Waals surface area contributed by atoms with Crippen LogP contribution >= 0.6 is 0 Å². The third kappa shape index (κ3) is 3.63. The van der Waals surface area contributed by atoms with Crippen molar-refractivity contribution in [2.75, 3.05) is 18.6 Å². The molecular weight excluding hydrogens is 238 g/mol. The van der Waals surface area contributed by atoms with Crippen molar-refractivity contribution in [3.63, 3.8) is 0 Å². The fraction of sp³-hybridized carbons (Fsp3) is 0.500. The fourth-order valence-electron chi connectivity index (χ4n) is 1.59. The lowest BCUT2D eigenvalue weighted by Gasteiger charge is -2.10. The molecule has 1 aromatic carbocycles. The van der Waals surface area contributed by atoms with Crippen LogP contribution in [0.2, 0.25) is 0 Å². The first-order valence-corrected chi connectivity index (χ1v) is 7.32. The van der Waals surface area contributed by atoms with Gasteiger partial charge in [0.05, 0.1) is 12.9 Å². The van der Waals surface area contributed by atoms with Gasteiger partial charge < -0.3 is 10.5 Å². The number of unbranched alkanes of at least 4 members (excludes halogenated alkanes) is 2. The predicted molar refractivity (Wildman–Crippen MR) is 69.0 cm³/mol. The summed E-state index contributed by atoms with van der Waals surface area (Å²) in [5, 5.41) is 0. The van der Waals surface area contributed by atoms with Gasteiger partial charge in [0.1, 0.15) is 10.6 Å². The Balaban J connectivity index is 2.98. The van der Waals surface area contributed by atoms with E-state index < -0.39 is 9.84 Å². The van der Waals surface area contributed by atoms with Gasteiger partial charge in [-0.2, -0.15) is 0 Å². The molecule has 0 aliphatic rings. The van der Waals surface area contributed by atoms with Crippen LogP contribution in [-0.4, -0.2) is 21.3 Å². The van der Waals surface area contributed by atoms with Crippen molar-refractivity contribution in [3.05, 3.63) is 18.2 Å². The van der Waals surface area contributed by atoms with Crippen LogP contribution in [0, 0.1) is 0 Å². The molecule has 1 rings (SSSR count). The Labute approximate surface area is 103 Å². The monoisotopic (exact) mass is 257 g/mol. The Morgan fingerprint density at radius 2 is 2.00 bits per heavy atom. The van der Waals surface area contributed by atoms with Crippen molar-refractivity contribution in [1.82, 2.24) is 0 Å². The number of anilines is 1. The Bertz CT molecular complexity index is 469. The molecule has 0 radical (unpaired) electrons. The zero-order valence-electron chi connectivity index (χ0n) is 10.3. The molecule has 0 aliphatic carbocycles. The number of nitrogen functional groups attached to an aromatic ring is 1. The van der Waals surface area contributed by atoms with Gasteiger partial charge in [-0.25, -0.2) is 8.42 Å². The smallest absolute Gasteiger partial charge is 0.182 e. The number of methoxy groups -OCH3 is 1. The number of sulfone groups is 1. The lowest BCUT2D eigenvalue weighted by Crippen LogP contribution is -2.08. The molecule has 0 amide bonds. The van der Waals surface area contributed by atoms with Crippen molar-refractivity contribution in [2.24, 2.45) is 0 Å². The zero-order valence-corrected chi connectivity index (χ0v) is 11.1. The summed E-state index contributed by atoms with van der Waals surface area (Å²) >= 11 is 0. The van der Waals surface area contributed by atoms with Gasteiger partial charge in [0.2, 0.25) is 0 Å². The average Bonchev–Trinajstić information content (AvgIpc) is 2.28. The Hall–Kier alpha value is -1.23. The minimum atomic E-state index is -3.27. The molecule has 0 spiro atoms. The van der Waals surface area contributed by atoms with Crippen LogP contribution in [0.25, 0.3) is 0 Å². The Morgan fingerprint density at radius 1 is 1.29 bits per heavy atom. The summed E-state index contributed by atoms with van der Waals surface area (Å²) in [5.41, 5.74) is 6.09. The first-order chi connectivity index (χ1) is 8.01.